The molecule has 0 radical (unpaired) electrons. The molecule has 0 aliphatic carbocycles. The number of hydrogen-bond acceptors (Lipinski definition) is 5. The van der Waals surface area contributed by atoms with Crippen LogP contribution in [0.15, 0.2) is 57.7 Å². The molecule has 4 rings (SSSR count). The van der Waals surface area contributed by atoms with Crippen LogP contribution in [0.3, 0.4) is 0 Å². The van der Waals surface area contributed by atoms with Gasteiger partial charge in [0.1, 0.15) is 11.3 Å². The summed E-state index contributed by atoms with van der Waals surface area (Å²) in [5.74, 6) is 0.207. The summed E-state index contributed by atoms with van der Waals surface area (Å²) < 4.78 is 11.3. The number of Topliss-reactive ketones (excluding diaryl/α,β-unsaturated/α-hetero) is 1. The first kappa shape index (κ1) is 17.1. The summed E-state index contributed by atoms with van der Waals surface area (Å²) in [5.41, 5.74) is 8.06. The summed E-state index contributed by atoms with van der Waals surface area (Å²) in [6.07, 6.45) is 0. The van der Waals surface area contributed by atoms with Gasteiger partial charge in [-0.2, -0.15) is 0 Å². The number of rotatable bonds is 1. The second-order valence-electron chi connectivity index (χ2n) is 7.21. The molecule has 2 heterocycles. The molecule has 3 aromatic rings. The average Bonchev–Trinajstić information content (AvgIpc) is 2.62. The molecule has 0 bridgehead atoms. The third-order valence-electron chi connectivity index (χ3n) is 4.77. The van der Waals surface area contributed by atoms with Crippen LogP contribution in [0.25, 0.3) is 22.2 Å². The topological polar surface area (TPSA) is 82.5 Å². The number of fused-ring (bicyclic) bond motifs is 3. The fraction of sp³-hybridized carbons (Fsp3) is 0.182. The molecule has 5 nitrogen and oxygen atoms in total. The third kappa shape index (κ3) is 2.72. The van der Waals surface area contributed by atoms with E-state index in [1.807, 2.05) is 31.2 Å². The highest BCUT2D eigenvalue weighted by atomic mass is 16.5. The Labute approximate surface area is 156 Å². The smallest absolute Gasteiger partial charge is 0.336 e. The number of ether oxygens (including phenoxy) is 1. The number of benzene rings is 2. The Bertz CT molecular complexity index is 1170. The standard InChI is InChI=1S/C22H19NO4/c1-12-4-6-13(7-5-12)19(23)18-17-15(27-22(2,3)21(18)25)10-8-14-9-11-16(24)26-20(14)17/h4-11H,23H2,1-3H3/b19-18-. The van der Waals surface area contributed by atoms with Gasteiger partial charge in [0.05, 0.1) is 16.8 Å². The first-order valence-corrected chi connectivity index (χ1v) is 8.66. The molecule has 2 aromatic carbocycles. The zero-order valence-corrected chi connectivity index (χ0v) is 15.3. The molecule has 0 amide bonds. The van der Waals surface area contributed by atoms with Crippen molar-refractivity contribution in [3.05, 3.63) is 75.6 Å². The quantitative estimate of drug-likeness (QED) is 0.528. The van der Waals surface area contributed by atoms with Crippen molar-refractivity contribution in [2.75, 3.05) is 0 Å². The van der Waals surface area contributed by atoms with Crippen LogP contribution < -0.4 is 16.1 Å². The molecule has 0 spiro atoms. The van der Waals surface area contributed by atoms with Crippen molar-refractivity contribution < 1.29 is 13.9 Å². The summed E-state index contributed by atoms with van der Waals surface area (Å²) in [7, 11) is 0. The van der Waals surface area contributed by atoms with Gasteiger partial charge in [0, 0.05) is 11.5 Å². The van der Waals surface area contributed by atoms with Gasteiger partial charge in [-0.3, -0.25) is 4.79 Å². The van der Waals surface area contributed by atoms with E-state index in [0.717, 1.165) is 11.1 Å². The third-order valence-corrected chi connectivity index (χ3v) is 4.77. The largest absolute Gasteiger partial charge is 0.479 e. The van der Waals surface area contributed by atoms with Gasteiger partial charge in [0.25, 0.3) is 0 Å². The van der Waals surface area contributed by atoms with E-state index in [4.69, 9.17) is 14.9 Å². The van der Waals surface area contributed by atoms with Crippen LogP contribution in [-0.4, -0.2) is 11.4 Å². The van der Waals surface area contributed by atoms with Crippen molar-refractivity contribution in [2.24, 2.45) is 5.73 Å². The van der Waals surface area contributed by atoms with Gasteiger partial charge in [0.2, 0.25) is 5.78 Å². The fourth-order valence-electron chi connectivity index (χ4n) is 3.31. The minimum atomic E-state index is -1.08. The van der Waals surface area contributed by atoms with E-state index < -0.39 is 11.2 Å². The minimum absolute atomic E-state index is 0.257. The van der Waals surface area contributed by atoms with Crippen LogP contribution in [0.2, 0.25) is 0 Å². The van der Waals surface area contributed by atoms with Gasteiger partial charge in [-0.15, -0.1) is 0 Å². The Balaban J connectivity index is 2.11. The zero-order chi connectivity index (χ0) is 19.3. The maximum atomic E-state index is 13.2. The molecule has 0 saturated carbocycles. The normalized spacial score (nSPS) is 17.4. The molecule has 27 heavy (non-hydrogen) atoms. The first-order valence-electron chi connectivity index (χ1n) is 8.66. The maximum absolute atomic E-state index is 13.2. The lowest BCUT2D eigenvalue weighted by Crippen LogP contribution is -2.42. The van der Waals surface area contributed by atoms with Crippen LogP contribution in [0.5, 0.6) is 5.75 Å². The Morgan fingerprint density at radius 1 is 0.963 bits per heavy atom. The second kappa shape index (κ2) is 5.84. The summed E-state index contributed by atoms with van der Waals surface area (Å²) in [6, 6.07) is 14.2. The van der Waals surface area contributed by atoms with E-state index in [9.17, 15) is 9.59 Å². The molecule has 0 unspecified atom stereocenters. The van der Waals surface area contributed by atoms with Crippen LogP contribution in [0.4, 0.5) is 0 Å². The molecule has 1 aliphatic rings. The van der Waals surface area contributed by atoms with Crippen molar-refractivity contribution in [3.63, 3.8) is 0 Å². The van der Waals surface area contributed by atoms with Crippen LogP contribution >= 0.6 is 0 Å². The Morgan fingerprint density at radius 2 is 1.63 bits per heavy atom. The van der Waals surface area contributed by atoms with Crippen molar-refractivity contribution >= 4 is 28.0 Å². The molecule has 0 fully saturated rings. The summed E-state index contributed by atoms with van der Waals surface area (Å²) in [4.78, 5) is 25.1. The lowest BCUT2D eigenvalue weighted by Gasteiger charge is -2.33. The van der Waals surface area contributed by atoms with Gasteiger partial charge in [-0.05, 0) is 44.5 Å². The van der Waals surface area contributed by atoms with E-state index in [2.05, 4.69) is 0 Å². The van der Waals surface area contributed by atoms with Gasteiger partial charge >= 0.3 is 5.63 Å². The Hall–Kier alpha value is -3.34. The van der Waals surface area contributed by atoms with Gasteiger partial charge < -0.3 is 14.9 Å². The number of hydrogen-bond donors (Lipinski definition) is 1. The molecule has 0 saturated heterocycles. The highest BCUT2D eigenvalue weighted by molar-refractivity contribution is 6.34. The molecule has 0 atom stereocenters. The van der Waals surface area contributed by atoms with Crippen molar-refractivity contribution in [1.82, 2.24) is 0 Å². The Kier molecular flexibility index (Phi) is 3.70. The SMILES string of the molecule is Cc1ccc(/C(N)=C2/C(=O)C(C)(C)Oc3ccc4ccc(=O)oc4c32)cc1. The summed E-state index contributed by atoms with van der Waals surface area (Å²) in [6.45, 7) is 5.38. The van der Waals surface area contributed by atoms with Gasteiger partial charge in [0.15, 0.2) is 5.60 Å². The molecule has 1 aliphatic heterocycles. The zero-order valence-electron chi connectivity index (χ0n) is 15.3. The predicted molar refractivity (Wildman–Crippen MR) is 104 cm³/mol. The highest BCUT2D eigenvalue weighted by Crippen LogP contribution is 2.43. The molecule has 2 N–H and O–H groups in total. The highest BCUT2D eigenvalue weighted by Gasteiger charge is 2.42. The van der Waals surface area contributed by atoms with Crippen molar-refractivity contribution in [3.8, 4) is 5.75 Å². The molecular formula is C22H19NO4. The van der Waals surface area contributed by atoms with Crippen molar-refractivity contribution in [1.29, 1.82) is 0 Å². The number of carbonyl (C=O) groups is 1. The maximum Gasteiger partial charge on any atom is 0.336 e. The predicted octanol–water partition coefficient (Wildman–Crippen LogP) is 3.67. The fourth-order valence-corrected chi connectivity index (χ4v) is 3.31. The number of carbonyl (C=O) groups excluding carboxylic acids is 1. The molecule has 5 heteroatoms. The second-order valence-corrected chi connectivity index (χ2v) is 7.21. The lowest BCUT2D eigenvalue weighted by molar-refractivity contribution is -0.126. The first-order chi connectivity index (χ1) is 12.8. The summed E-state index contributed by atoms with van der Waals surface area (Å²) in [5, 5.41) is 0.693. The Morgan fingerprint density at radius 3 is 2.33 bits per heavy atom. The summed E-state index contributed by atoms with van der Waals surface area (Å²) >= 11 is 0. The van der Waals surface area contributed by atoms with Crippen LogP contribution in [0.1, 0.15) is 30.5 Å². The molecule has 1 aromatic heterocycles. The minimum Gasteiger partial charge on any atom is -0.479 e. The molecular weight excluding hydrogens is 342 g/mol. The number of nitrogens with two attached hydrogens (primary N) is 1. The van der Waals surface area contributed by atoms with Crippen LogP contribution in [-0.2, 0) is 4.79 Å². The van der Waals surface area contributed by atoms with E-state index in [0.29, 0.717) is 33.6 Å². The number of ketones is 1. The number of aryl methyl sites for hydroxylation is 1. The van der Waals surface area contributed by atoms with E-state index in [-0.39, 0.29) is 5.78 Å². The van der Waals surface area contributed by atoms with E-state index in [1.165, 1.54) is 6.07 Å². The van der Waals surface area contributed by atoms with Gasteiger partial charge in [-0.25, -0.2) is 4.79 Å². The average molecular weight is 361 g/mol. The van der Waals surface area contributed by atoms with Crippen molar-refractivity contribution in [2.45, 2.75) is 26.4 Å². The molecule has 136 valence electrons. The lowest BCUT2D eigenvalue weighted by atomic mass is 9.84. The van der Waals surface area contributed by atoms with Crippen LogP contribution in [0, 0.1) is 6.92 Å². The van der Waals surface area contributed by atoms with E-state index in [1.54, 1.807) is 32.0 Å². The monoisotopic (exact) mass is 361 g/mol. The van der Waals surface area contributed by atoms with Gasteiger partial charge in [-0.1, -0.05) is 29.8 Å². The van der Waals surface area contributed by atoms with E-state index >= 15 is 0 Å².